The Bertz CT molecular complexity index is 890. The van der Waals surface area contributed by atoms with Crippen LogP contribution in [0.2, 0.25) is 0 Å². The van der Waals surface area contributed by atoms with E-state index in [-0.39, 0.29) is 17.6 Å². The van der Waals surface area contributed by atoms with Gasteiger partial charge in [0.05, 0.1) is 5.56 Å². The normalized spacial score (nSPS) is 20.9. The Morgan fingerprint density at radius 1 is 1.20 bits per heavy atom. The fraction of sp³-hybridized carbons (Fsp3) is 0.652. The van der Waals surface area contributed by atoms with E-state index >= 15 is 0 Å². The minimum atomic E-state index is -0.00348. The second-order valence-electron chi connectivity index (χ2n) is 8.84. The number of carbonyl (C=O) groups excluding carboxylic acids is 2. The van der Waals surface area contributed by atoms with Crippen molar-refractivity contribution in [1.82, 2.24) is 10.6 Å². The van der Waals surface area contributed by atoms with E-state index < -0.39 is 0 Å². The van der Waals surface area contributed by atoms with E-state index in [0.717, 1.165) is 66.9 Å². The van der Waals surface area contributed by atoms with Crippen molar-refractivity contribution in [2.24, 2.45) is 22.7 Å². The molecule has 1 aromatic heterocycles. The highest BCUT2D eigenvalue weighted by atomic mass is 32.1. The van der Waals surface area contributed by atoms with Crippen LogP contribution in [0.25, 0.3) is 0 Å². The summed E-state index contributed by atoms with van der Waals surface area (Å²) in [5.74, 6) is 2.20. The molecule has 6 nitrogen and oxygen atoms in total. The Kier molecular flexibility index (Phi) is 6.52. The summed E-state index contributed by atoms with van der Waals surface area (Å²) < 4.78 is 0. The maximum absolute atomic E-state index is 13.1. The molecular weight excluding hydrogens is 396 g/mol. The molecule has 0 radical (unpaired) electrons. The minimum absolute atomic E-state index is 0.00348. The molecule has 30 heavy (non-hydrogen) atoms. The van der Waals surface area contributed by atoms with Crippen molar-refractivity contribution >= 4 is 28.9 Å². The number of hydrogen-bond acceptors (Lipinski definition) is 5. The average molecular weight is 427 g/mol. The molecular formula is C23H30N4O2S. The first-order chi connectivity index (χ1) is 14.6. The van der Waals surface area contributed by atoms with E-state index in [4.69, 9.17) is 5.26 Å². The number of fused-ring (bicyclic) bond motifs is 1. The Labute approximate surface area is 182 Å². The molecule has 0 aliphatic heterocycles. The second-order valence-corrected chi connectivity index (χ2v) is 10.0. The van der Waals surface area contributed by atoms with Crippen molar-refractivity contribution in [1.29, 1.82) is 5.26 Å². The van der Waals surface area contributed by atoms with Crippen molar-refractivity contribution in [3.8, 4) is 6.19 Å². The fourth-order valence-corrected chi connectivity index (χ4v) is 5.67. The van der Waals surface area contributed by atoms with Gasteiger partial charge in [-0.05, 0) is 69.3 Å². The predicted octanol–water partition coefficient (Wildman–Crippen LogP) is 3.39. The molecule has 1 aromatic rings. The summed E-state index contributed by atoms with van der Waals surface area (Å²) in [4.78, 5) is 32.3. The van der Waals surface area contributed by atoms with Crippen molar-refractivity contribution in [3.05, 3.63) is 20.9 Å². The molecule has 7 heteroatoms. The van der Waals surface area contributed by atoms with Crippen LogP contribution in [-0.4, -0.2) is 30.6 Å². The van der Waals surface area contributed by atoms with Crippen molar-refractivity contribution in [3.63, 3.8) is 0 Å². The molecule has 0 spiro atoms. The van der Waals surface area contributed by atoms with E-state index in [2.05, 4.69) is 15.6 Å². The number of carbonyl (C=O) groups is 2. The summed E-state index contributed by atoms with van der Waals surface area (Å²) in [5.41, 5.74) is 1.91. The maximum Gasteiger partial charge on any atom is 0.252 e. The number of aryl methyl sites for hydroxylation is 1. The number of Topliss-reactive ketones (excluding diaryl/α,β-unsaturated/α-hetero) is 1. The zero-order valence-corrected chi connectivity index (χ0v) is 18.4. The van der Waals surface area contributed by atoms with Crippen molar-refractivity contribution < 1.29 is 9.59 Å². The van der Waals surface area contributed by atoms with Gasteiger partial charge in [-0.3, -0.25) is 19.9 Å². The smallest absolute Gasteiger partial charge is 0.252 e. The van der Waals surface area contributed by atoms with Gasteiger partial charge in [-0.15, -0.1) is 11.3 Å². The van der Waals surface area contributed by atoms with Crippen LogP contribution in [0, 0.1) is 29.2 Å². The lowest BCUT2D eigenvalue weighted by atomic mass is 9.83. The summed E-state index contributed by atoms with van der Waals surface area (Å²) in [5, 5.41) is 14.8. The molecule has 1 atom stereocenters. The van der Waals surface area contributed by atoms with E-state index in [1.165, 1.54) is 17.7 Å². The SMILES string of the molecule is CCN=C(CC1CCc2sc(CC(=O)C3CC3)c(C(=O)NCC3CC3)c2C1)NC#N. The Morgan fingerprint density at radius 2 is 2.00 bits per heavy atom. The molecule has 4 rings (SSSR count). The first kappa shape index (κ1) is 21.0. The number of ketones is 1. The highest BCUT2D eigenvalue weighted by Crippen LogP contribution is 2.40. The van der Waals surface area contributed by atoms with Gasteiger partial charge in [0.1, 0.15) is 11.6 Å². The van der Waals surface area contributed by atoms with Crippen LogP contribution in [0.3, 0.4) is 0 Å². The van der Waals surface area contributed by atoms with Crippen LogP contribution in [0.4, 0.5) is 0 Å². The van der Waals surface area contributed by atoms with Crippen molar-refractivity contribution in [2.75, 3.05) is 13.1 Å². The van der Waals surface area contributed by atoms with Crippen LogP contribution in [0.1, 0.15) is 71.1 Å². The van der Waals surface area contributed by atoms with Gasteiger partial charge in [-0.25, -0.2) is 0 Å². The van der Waals surface area contributed by atoms with Gasteiger partial charge in [0.25, 0.3) is 5.91 Å². The topological polar surface area (TPSA) is 94.3 Å². The molecule has 160 valence electrons. The minimum Gasteiger partial charge on any atom is -0.352 e. The van der Waals surface area contributed by atoms with Gasteiger partial charge < -0.3 is 5.32 Å². The number of nitrogens with zero attached hydrogens (tertiary/aromatic N) is 2. The Hall–Kier alpha value is -2.20. The summed E-state index contributed by atoms with van der Waals surface area (Å²) >= 11 is 1.68. The van der Waals surface area contributed by atoms with Crippen LogP contribution >= 0.6 is 11.3 Å². The third-order valence-corrected chi connectivity index (χ3v) is 7.60. The molecule has 0 bridgehead atoms. The number of rotatable bonds is 9. The monoisotopic (exact) mass is 426 g/mol. The molecule has 0 aromatic carbocycles. The average Bonchev–Trinajstić information content (AvgIpc) is 3.63. The molecule has 1 unspecified atom stereocenters. The maximum atomic E-state index is 13.1. The molecule has 3 aliphatic rings. The number of nitrogens with one attached hydrogen (secondary N) is 2. The molecule has 2 fully saturated rings. The molecule has 1 amide bonds. The lowest BCUT2D eigenvalue weighted by molar-refractivity contribution is -0.119. The number of hydrogen-bond donors (Lipinski definition) is 2. The van der Waals surface area contributed by atoms with Gasteiger partial charge in [-0.1, -0.05) is 0 Å². The molecule has 3 aliphatic carbocycles. The van der Waals surface area contributed by atoms with E-state index in [0.29, 0.717) is 24.8 Å². The van der Waals surface area contributed by atoms with E-state index in [1.807, 2.05) is 13.1 Å². The van der Waals surface area contributed by atoms with E-state index in [9.17, 15) is 9.59 Å². The number of amides is 1. The summed E-state index contributed by atoms with van der Waals surface area (Å²) in [7, 11) is 0. The first-order valence-electron chi connectivity index (χ1n) is 11.2. The third kappa shape index (κ3) is 5.10. The van der Waals surface area contributed by atoms with Crippen molar-refractivity contribution in [2.45, 2.75) is 64.7 Å². The predicted molar refractivity (Wildman–Crippen MR) is 118 cm³/mol. The van der Waals surface area contributed by atoms with E-state index in [1.54, 1.807) is 11.3 Å². The van der Waals surface area contributed by atoms with Gasteiger partial charge in [0, 0.05) is 41.6 Å². The molecule has 2 N–H and O–H groups in total. The van der Waals surface area contributed by atoms with Gasteiger partial charge in [-0.2, -0.15) is 5.26 Å². The summed E-state index contributed by atoms with van der Waals surface area (Å²) in [6.07, 6.45) is 10.3. The zero-order chi connectivity index (χ0) is 21.1. The Balaban J connectivity index is 1.54. The lowest BCUT2D eigenvalue weighted by Crippen LogP contribution is -2.29. The van der Waals surface area contributed by atoms with Crippen LogP contribution in [0.5, 0.6) is 0 Å². The number of amidine groups is 1. The van der Waals surface area contributed by atoms with Crippen LogP contribution in [-0.2, 0) is 24.1 Å². The van der Waals surface area contributed by atoms with Crippen LogP contribution < -0.4 is 10.6 Å². The quantitative estimate of drug-likeness (QED) is 0.274. The second kappa shape index (κ2) is 9.30. The molecule has 1 heterocycles. The third-order valence-electron chi connectivity index (χ3n) is 6.31. The highest BCUT2D eigenvalue weighted by Gasteiger charge is 2.34. The van der Waals surface area contributed by atoms with Gasteiger partial charge >= 0.3 is 0 Å². The highest BCUT2D eigenvalue weighted by molar-refractivity contribution is 7.12. The van der Waals surface area contributed by atoms with Gasteiger partial charge in [0.15, 0.2) is 6.19 Å². The largest absolute Gasteiger partial charge is 0.352 e. The molecule has 0 saturated heterocycles. The number of aliphatic imine (C=N–C) groups is 1. The lowest BCUT2D eigenvalue weighted by Gasteiger charge is -2.23. The number of thiophene rings is 1. The van der Waals surface area contributed by atoms with Crippen LogP contribution in [0.15, 0.2) is 4.99 Å². The first-order valence-corrected chi connectivity index (χ1v) is 12.0. The zero-order valence-electron chi connectivity index (χ0n) is 17.6. The molecule has 2 saturated carbocycles. The fourth-order valence-electron chi connectivity index (χ4n) is 4.31. The summed E-state index contributed by atoms with van der Waals surface area (Å²) in [6, 6.07) is 0. The Morgan fingerprint density at radius 3 is 2.67 bits per heavy atom. The summed E-state index contributed by atoms with van der Waals surface area (Å²) in [6.45, 7) is 3.34. The standard InChI is InChI=1S/C23H30N4O2S/c1-2-25-21(27-13-24)10-15-5-8-19-17(9-15)22(23(29)26-12-14-3-4-14)20(30-19)11-18(28)16-6-7-16/h14-16H,2-12H2,1H3,(H,25,27)(H,26,29). The number of nitriles is 1. The van der Waals surface area contributed by atoms with Gasteiger partial charge in [0.2, 0.25) is 0 Å².